The van der Waals surface area contributed by atoms with Crippen LogP contribution in [0.1, 0.15) is 52.9 Å². The number of piperazine rings is 1. The van der Waals surface area contributed by atoms with Crippen LogP contribution in [0.15, 0.2) is 27.7 Å². The maximum absolute atomic E-state index is 12.9. The van der Waals surface area contributed by atoms with Gasteiger partial charge in [0, 0.05) is 52.2 Å². The molecule has 0 aromatic rings. The summed E-state index contributed by atoms with van der Waals surface area (Å²) >= 11 is 0. The van der Waals surface area contributed by atoms with Crippen molar-refractivity contribution in [3.63, 3.8) is 0 Å². The molecular formula is C22H39N5O2. The average Bonchev–Trinajstić information content (AvgIpc) is 2.70. The molecule has 1 aliphatic heterocycles. The number of hydrogen-bond acceptors (Lipinski definition) is 6. The summed E-state index contributed by atoms with van der Waals surface area (Å²) < 4.78 is 0. The number of nitrogens with one attached hydrogen (secondary N) is 1. The molecule has 2 rings (SSSR count). The van der Waals surface area contributed by atoms with Gasteiger partial charge >= 0.3 is 0 Å². The maximum atomic E-state index is 12.9. The van der Waals surface area contributed by atoms with Crippen molar-refractivity contribution < 1.29 is 9.63 Å². The molecule has 164 valence electrons. The van der Waals surface area contributed by atoms with E-state index >= 15 is 0 Å². The van der Waals surface area contributed by atoms with E-state index in [0.29, 0.717) is 5.57 Å². The fourth-order valence-corrected chi connectivity index (χ4v) is 3.60. The minimum absolute atomic E-state index is 0.115. The molecule has 2 fully saturated rings. The van der Waals surface area contributed by atoms with Gasteiger partial charge in [0.2, 0.25) is 0 Å². The van der Waals surface area contributed by atoms with E-state index in [9.17, 15) is 4.79 Å². The number of aliphatic imine (C=N–C) groups is 1. The highest BCUT2D eigenvalue weighted by atomic mass is 16.7. The summed E-state index contributed by atoms with van der Waals surface area (Å²) in [5, 5.41) is 0. The third-order valence-corrected chi connectivity index (χ3v) is 5.74. The Morgan fingerprint density at radius 1 is 1.07 bits per heavy atom. The second kappa shape index (κ2) is 11.4. The minimum Gasteiger partial charge on any atom is -0.380 e. The Labute approximate surface area is 176 Å². The second-order valence-corrected chi connectivity index (χ2v) is 8.57. The molecule has 0 radical (unpaired) electrons. The largest absolute Gasteiger partial charge is 0.380 e. The molecule has 0 aromatic heterocycles. The predicted molar refractivity (Wildman–Crippen MR) is 118 cm³/mol. The quantitative estimate of drug-likeness (QED) is 0.401. The third kappa shape index (κ3) is 7.16. The number of amides is 1. The second-order valence-electron chi connectivity index (χ2n) is 8.57. The monoisotopic (exact) mass is 405 g/mol. The van der Waals surface area contributed by atoms with Gasteiger partial charge < -0.3 is 14.7 Å². The molecule has 0 bridgehead atoms. The molecule has 0 unspecified atom stereocenters. The number of hydroxylamine groups is 1. The summed E-state index contributed by atoms with van der Waals surface area (Å²) in [5.41, 5.74) is 5.20. The van der Waals surface area contributed by atoms with Crippen LogP contribution in [0.2, 0.25) is 0 Å². The summed E-state index contributed by atoms with van der Waals surface area (Å²) in [6, 6.07) is 0. The van der Waals surface area contributed by atoms with Gasteiger partial charge in [-0.25, -0.2) is 10.5 Å². The number of allylic oxidation sites excluding steroid dienone is 2. The Hall–Kier alpha value is -1.86. The Morgan fingerprint density at radius 3 is 2.24 bits per heavy atom. The van der Waals surface area contributed by atoms with Crippen LogP contribution in [0.4, 0.5) is 0 Å². The fourth-order valence-electron chi connectivity index (χ4n) is 3.60. The van der Waals surface area contributed by atoms with Crippen LogP contribution in [0.25, 0.3) is 0 Å². The molecular weight excluding hydrogens is 366 g/mol. The number of hydrogen-bond donors (Lipinski definition) is 1. The van der Waals surface area contributed by atoms with Crippen LogP contribution in [0, 0.1) is 0 Å². The molecule has 1 saturated heterocycles. The molecule has 0 aromatic carbocycles. The van der Waals surface area contributed by atoms with E-state index in [-0.39, 0.29) is 12.0 Å². The topological polar surface area (TPSA) is 60.4 Å². The standard InChI is InChI=1S/C22H39N5O2/c1-17(2)21(27-14-12-26(6)13-15-27)23-16-20(18(3)25(4)5)22(28)24-29-19-10-8-7-9-11-19/h16,19H,7-15H2,1-6H3,(H,24,28)/b20-18-,23-16-. The number of likely N-dealkylation sites (N-methyl/N-ethyl adjacent to an activating group) is 1. The van der Waals surface area contributed by atoms with Crippen LogP contribution < -0.4 is 5.48 Å². The van der Waals surface area contributed by atoms with Crippen molar-refractivity contribution in [2.24, 2.45) is 4.99 Å². The first-order chi connectivity index (χ1) is 13.8. The van der Waals surface area contributed by atoms with Crippen molar-refractivity contribution in [1.29, 1.82) is 0 Å². The summed E-state index contributed by atoms with van der Waals surface area (Å²) in [4.78, 5) is 29.9. The molecule has 7 heteroatoms. The lowest BCUT2D eigenvalue weighted by atomic mass is 9.98. The van der Waals surface area contributed by atoms with Crippen molar-refractivity contribution in [3.05, 3.63) is 22.7 Å². The van der Waals surface area contributed by atoms with E-state index < -0.39 is 0 Å². The van der Waals surface area contributed by atoms with Gasteiger partial charge in [-0.3, -0.25) is 9.63 Å². The highest BCUT2D eigenvalue weighted by Crippen LogP contribution is 2.20. The molecule has 1 heterocycles. The van der Waals surface area contributed by atoms with Crippen LogP contribution in [0.3, 0.4) is 0 Å². The fraction of sp³-hybridized carbons (Fsp3) is 0.727. The number of carbonyl (C=O) groups is 1. The van der Waals surface area contributed by atoms with Crippen molar-refractivity contribution in [2.75, 3.05) is 47.3 Å². The zero-order valence-corrected chi connectivity index (χ0v) is 19.1. The van der Waals surface area contributed by atoms with Gasteiger partial charge in [-0.15, -0.1) is 0 Å². The summed E-state index contributed by atoms with van der Waals surface area (Å²) in [6.07, 6.45) is 7.40. The van der Waals surface area contributed by atoms with Crippen LogP contribution >= 0.6 is 0 Å². The molecule has 1 aliphatic carbocycles. The number of carbonyl (C=O) groups excluding carboxylic acids is 1. The Morgan fingerprint density at radius 2 is 1.69 bits per heavy atom. The molecule has 2 aliphatic rings. The molecule has 1 saturated carbocycles. The maximum Gasteiger partial charge on any atom is 0.278 e. The first-order valence-corrected chi connectivity index (χ1v) is 10.8. The van der Waals surface area contributed by atoms with Crippen LogP contribution in [-0.2, 0) is 9.63 Å². The predicted octanol–water partition coefficient (Wildman–Crippen LogP) is 2.77. The lowest BCUT2D eigenvalue weighted by molar-refractivity contribution is -0.135. The van der Waals surface area contributed by atoms with E-state index in [1.165, 1.54) is 6.42 Å². The molecule has 1 amide bonds. The van der Waals surface area contributed by atoms with Gasteiger partial charge in [0.05, 0.1) is 11.7 Å². The van der Waals surface area contributed by atoms with Gasteiger partial charge in [0.15, 0.2) is 0 Å². The molecule has 7 nitrogen and oxygen atoms in total. The highest BCUT2D eigenvalue weighted by molar-refractivity contribution is 6.12. The zero-order valence-electron chi connectivity index (χ0n) is 19.1. The first-order valence-electron chi connectivity index (χ1n) is 10.8. The normalized spacial score (nSPS) is 19.9. The lowest BCUT2D eigenvalue weighted by Gasteiger charge is -2.34. The number of rotatable bonds is 7. The summed E-state index contributed by atoms with van der Waals surface area (Å²) in [7, 11) is 6.00. The van der Waals surface area contributed by atoms with Gasteiger partial charge in [-0.05, 0) is 46.2 Å². The first kappa shape index (κ1) is 23.4. The Kier molecular flexibility index (Phi) is 9.17. The molecule has 29 heavy (non-hydrogen) atoms. The van der Waals surface area contributed by atoms with E-state index in [1.807, 2.05) is 25.9 Å². The van der Waals surface area contributed by atoms with E-state index in [1.54, 1.807) is 6.21 Å². The SMILES string of the molecule is CC(C)=C(/N=C\C(C(=O)NOC1CCCCC1)=C(/C)N(C)C)N1CCN(C)CC1. The summed E-state index contributed by atoms with van der Waals surface area (Å²) in [5.74, 6) is 0.708. The van der Waals surface area contributed by atoms with Gasteiger partial charge in [-0.2, -0.15) is 0 Å². The van der Waals surface area contributed by atoms with Crippen molar-refractivity contribution >= 4 is 12.1 Å². The van der Waals surface area contributed by atoms with E-state index in [4.69, 9.17) is 9.83 Å². The molecule has 0 atom stereocenters. The Balaban J connectivity index is 2.13. The van der Waals surface area contributed by atoms with Gasteiger partial charge in [0.1, 0.15) is 5.82 Å². The number of nitrogens with zero attached hydrogens (tertiary/aromatic N) is 4. The highest BCUT2D eigenvalue weighted by Gasteiger charge is 2.20. The molecule has 1 N–H and O–H groups in total. The Bertz CT molecular complexity index is 636. The van der Waals surface area contributed by atoms with Gasteiger partial charge in [0.25, 0.3) is 5.91 Å². The van der Waals surface area contributed by atoms with Gasteiger partial charge in [-0.1, -0.05) is 19.3 Å². The third-order valence-electron chi connectivity index (χ3n) is 5.74. The minimum atomic E-state index is -0.239. The average molecular weight is 406 g/mol. The van der Waals surface area contributed by atoms with Crippen LogP contribution in [0.5, 0.6) is 0 Å². The van der Waals surface area contributed by atoms with E-state index in [2.05, 4.69) is 36.2 Å². The molecule has 0 spiro atoms. The summed E-state index contributed by atoms with van der Waals surface area (Å²) in [6.45, 7) is 9.98. The van der Waals surface area contributed by atoms with E-state index in [0.717, 1.165) is 69.0 Å². The lowest BCUT2D eigenvalue weighted by Crippen LogP contribution is -2.43. The van der Waals surface area contributed by atoms with Crippen molar-refractivity contribution in [2.45, 2.75) is 59.0 Å². The van der Waals surface area contributed by atoms with Crippen molar-refractivity contribution in [1.82, 2.24) is 20.2 Å². The van der Waals surface area contributed by atoms with Crippen LogP contribution in [-0.4, -0.2) is 80.2 Å². The zero-order chi connectivity index (χ0) is 21.4. The smallest absolute Gasteiger partial charge is 0.278 e. The van der Waals surface area contributed by atoms with Crippen molar-refractivity contribution in [3.8, 4) is 0 Å².